The number of benzene rings is 1. The lowest BCUT2D eigenvalue weighted by Gasteiger charge is -2.25. The Kier molecular flexibility index (Phi) is 5.74. The van der Waals surface area contributed by atoms with E-state index in [1.54, 1.807) is 11.6 Å². The fourth-order valence-electron chi connectivity index (χ4n) is 4.24. The van der Waals surface area contributed by atoms with E-state index >= 15 is 0 Å². The van der Waals surface area contributed by atoms with Crippen LogP contribution in [0.3, 0.4) is 0 Å². The number of hydrogen-bond acceptors (Lipinski definition) is 4. The number of carbonyl (C=O) groups is 1. The number of hydrogen-bond donors (Lipinski definition) is 2. The standard InChI is InChI=1S/C23H26N4O2/c1-17-20(22-5-2-3-15-27(22)24-17)13-16-26-14-4-6-21(26)19-10-7-18(8-11-19)9-12-23(28)25-29/h2-3,5,7-12,15,21,29H,4,6,13-14,16H2,1H3,(H,25,28)/b12-9+/t21-/m0/s1. The number of pyridine rings is 1. The van der Waals surface area contributed by atoms with Gasteiger partial charge in [-0.05, 0) is 62.1 Å². The molecular weight excluding hydrogens is 364 g/mol. The second-order valence-electron chi connectivity index (χ2n) is 7.51. The Balaban J connectivity index is 1.44. The molecule has 1 aliphatic rings. The van der Waals surface area contributed by atoms with Gasteiger partial charge in [-0.25, -0.2) is 10.00 Å². The molecule has 1 saturated heterocycles. The van der Waals surface area contributed by atoms with Crippen LogP contribution in [0.4, 0.5) is 0 Å². The molecule has 0 radical (unpaired) electrons. The maximum Gasteiger partial charge on any atom is 0.267 e. The van der Waals surface area contributed by atoms with Crippen LogP contribution in [0, 0.1) is 6.92 Å². The lowest BCUT2D eigenvalue weighted by atomic mass is 10.0. The van der Waals surface area contributed by atoms with E-state index in [0.29, 0.717) is 6.04 Å². The zero-order valence-electron chi connectivity index (χ0n) is 16.6. The maximum atomic E-state index is 11.1. The van der Waals surface area contributed by atoms with Gasteiger partial charge in [0, 0.05) is 30.4 Å². The van der Waals surface area contributed by atoms with Gasteiger partial charge in [-0.1, -0.05) is 30.3 Å². The summed E-state index contributed by atoms with van der Waals surface area (Å²) in [5.41, 5.74) is 7.48. The monoisotopic (exact) mass is 390 g/mol. The lowest BCUT2D eigenvalue weighted by Crippen LogP contribution is -2.25. The molecule has 3 heterocycles. The first-order valence-electron chi connectivity index (χ1n) is 10.0. The number of hydroxylamine groups is 1. The van der Waals surface area contributed by atoms with Gasteiger partial charge in [-0.3, -0.25) is 14.9 Å². The quantitative estimate of drug-likeness (QED) is 0.384. The number of carbonyl (C=O) groups excluding carboxylic acids is 1. The first kappa shape index (κ1) is 19.4. The Bertz CT molecular complexity index is 1020. The fraction of sp³-hybridized carbons (Fsp3) is 0.304. The van der Waals surface area contributed by atoms with Crippen LogP contribution in [-0.4, -0.2) is 38.7 Å². The zero-order valence-corrected chi connectivity index (χ0v) is 16.6. The summed E-state index contributed by atoms with van der Waals surface area (Å²) in [6, 6.07) is 15.0. The van der Waals surface area contributed by atoms with Crippen LogP contribution in [0.2, 0.25) is 0 Å². The molecule has 1 aromatic carbocycles. The molecule has 0 saturated carbocycles. The van der Waals surface area contributed by atoms with E-state index in [1.165, 1.54) is 29.1 Å². The van der Waals surface area contributed by atoms with E-state index in [0.717, 1.165) is 37.2 Å². The van der Waals surface area contributed by atoms with Crippen LogP contribution in [0.1, 0.15) is 41.3 Å². The minimum absolute atomic E-state index is 0.427. The molecule has 2 N–H and O–H groups in total. The molecule has 1 atom stereocenters. The Labute approximate surface area is 170 Å². The van der Waals surface area contributed by atoms with Crippen LogP contribution < -0.4 is 5.48 Å². The Morgan fingerprint density at radius 3 is 2.90 bits per heavy atom. The van der Waals surface area contributed by atoms with Gasteiger partial charge in [0.2, 0.25) is 0 Å². The Morgan fingerprint density at radius 2 is 2.10 bits per heavy atom. The molecule has 6 heteroatoms. The number of amides is 1. The summed E-state index contributed by atoms with van der Waals surface area (Å²) in [4.78, 5) is 13.7. The minimum Gasteiger partial charge on any atom is -0.296 e. The summed E-state index contributed by atoms with van der Waals surface area (Å²) < 4.78 is 1.97. The highest BCUT2D eigenvalue weighted by Gasteiger charge is 2.26. The summed E-state index contributed by atoms with van der Waals surface area (Å²) in [5, 5.41) is 13.2. The molecule has 0 spiro atoms. The van der Waals surface area contributed by atoms with Crippen molar-refractivity contribution in [2.45, 2.75) is 32.2 Å². The summed E-state index contributed by atoms with van der Waals surface area (Å²) >= 11 is 0. The molecule has 0 bridgehead atoms. The van der Waals surface area contributed by atoms with Crippen molar-refractivity contribution in [1.82, 2.24) is 20.0 Å². The average molecular weight is 390 g/mol. The van der Waals surface area contributed by atoms with Crippen molar-refractivity contribution in [3.05, 3.63) is 77.1 Å². The number of likely N-dealkylation sites (tertiary alicyclic amines) is 1. The number of nitrogens with one attached hydrogen (secondary N) is 1. The maximum absolute atomic E-state index is 11.1. The van der Waals surface area contributed by atoms with Gasteiger partial charge < -0.3 is 0 Å². The molecule has 1 aliphatic heterocycles. The van der Waals surface area contributed by atoms with E-state index in [1.807, 2.05) is 28.9 Å². The van der Waals surface area contributed by atoms with E-state index in [2.05, 4.69) is 41.2 Å². The van der Waals surface area contributed by atoms with Gasteiger partial charge in [-0.2, -0.15) is 5.10 Å². The topological polar surface area (TPSA) is 69.9 Å². The second kappa shape index (κ2) is 8.59. The fourth-order valence-corrected chi connectivity index (χ4v) is 4.24. The summed E-state index contributed by atoms with van der Waals surface area (Å²) in [6.07, 6.45) is 8.37. The van der Waals surface area contributed by atoms with Crippen molar-refractivity contribution in [2.24, 2.45) is 0 Å². The third kappa shape index (κ3) is 4.23. The molecule has 2 aromatic heterocycles. The van der Waals surface area contributed by atoms with Crippen LogP contribution >= 0.6 is 0 Å². The van der Waals surface area contributed by atoms with Gasteiger partial charge in [-0.15, -0.1) is 0 Å². The van der Waals surface area contributed by atoms with Crippen molar-refractivity contribution >= 4 is 17.5 Å². The summed E-state index contributed by atoms with van der Waals surface area (Å²) in [5.74, 6) is -0.529. The lowest BCUT2D eigenvalue weighted by molar-refractivity contribution is -0.124. The molecule has 29 heavy (non-hydrogen) atoms. The van der Waals surface area contributed by atoms with E-state index in [4.69, 9.17) is 5.21 Å². The third-order valence-electron chi connectivity index (χ3n) is 5.71. The Morgan fingerprint density at radius 1 is 1.28 bits per heavy atom. The number of rotatable bonds is 6. The van der Waals surface area contributed by atoms with Gasteiger partial charge in [0.1, 0.15) is 0 Å². The molecule has 3 aromatic rings. The van der Waals surface area contributed by atoms with Crippen molar-refractivity contribution < 1.29 is 10.0 Å². The SMILES string of the molecule is Cc1nn2ccccc2c1CCN1CCC[C@H]1c1ccc(/C=C/C(=O)NO)cc1. The first-order valence-corrected chi connectivity index (χ1v) is 10.0. The molecule has 4 rings (SSSR count). The van der Waals surface area contributed by atoms with Crippen molar-refractivity contribution in [2.75, 3.05) is 13.1 Å². The van der Waals surface area contributed by atoms with Gasteiger partial charge in [0.15, 0.2) is 0 Å². The largest absolute Gasteiger partial charge is 0.296 e. The van der Waals surface area contributed by atoms with Gasteiger partial charge in [0.25, 0.3) is 5.91 Å². The summed E-state index contributed by atoms with van der Waals surface area (Å²) in [6.45, 7) is 4.22. The van der Waals surface area contributed by atoms with Crippen molar-refractivity contribution in [1.29, 1.82) is 0 Å². The molecule has 1 amide bonds. The average Bonchev–Trinajstić information content (AvgIpc) is 3.34. The highest BCUT2D eigenvalue weighted by atomic mass is 16.5. The van der Waals surface area contributed by atoms with Crippen molar-refractivity contribution in [3.63, 3.8) is 0 Å². The van der Waals surface area contributed by atoms with Crippen LogP contribution in [-0.2, 0) is 11.2 Å². The van der Waals surface area contributed by atoms with Crippen molar-refractivity contribution in [3.8, 4) is 0 Å². The summed E-state index contributed by atoms with van der Waals surface area (Å²) in [7, 11) is 0. The Hall–Kier alpha value is -2.96. The van der Waals surface area contributed by atoms with Gasteiger partial charge >= 0.3 is 0 Å². The van der Waals surface area contributed by atoms with E-state index in [9.17, 15) is 4.79 Å². The van der Waals surface area contributed by atoms with Crippen LogP contribution in [0.5, 0.6) is 0 Å². The smallest absolute Gasteiger partial charge is 0.267 e. The second-order valence-corrected chi connectivity index (χ2v) is 7.51. The molecule has 150 valence electrons. The highest BCUT2D eigenvalue weighted by Crippen LogP contribution is 2.32. The van der Waals surface area contributed by atoms with E-state index in [-0.39, 0.29) is 0 Å². The molecule has 6 nitrogen and oxygen atoms in total. The third-order valence-corrected chi connectivity index (χ3v) is 5.71. The molecular formula is C23H26N4O2. The predicted octanol–water partition coefficient (Wildman–Crippen LogP) is 3.54. The van der Waals surface area contributed by atoms with E-state index < -0.39 is 5.91 Å². The molecule has 0 unspecified atom stereocenters. The zero-order chi connectivity index (χ0) is 20.2. The highest BCUT2D eigenvalue weighted by molar-refractivity contribution is 5.90. The number of aromatic nitrogens is 2. The predicted molar refractivity (Wildman–Crippen MR) is 113 cm³/mol. The molecule has 0 aliphatic carbocycles. The number of fused-ring (bicyclic) bond motifs is 1. The number of aryl methyl sites for hydroxylation is 1. The van der Waals surface area contributed by atoms with Crippen LogP contribution in [0.15, 0.2) is 54.7 Å². The molecule has 1 fully saturated rings. The van der Waals surface area contributed by atoms with Gasteiger partial charge in [0.05, 0.1) is 11.2 Å². The number of nitrogens with zero attached hydrogens (tertiary/aromatic N) is 3. The van der Waals surface area contributed by atoms with Crippen LogP contribution in [0.25, 0.3) is 11.6 Å². The normalized spacial score (nSPS) is 17.4. The first-order chi connectivity index (χ1) is 14.2. The minimum atomic E-state index is -0.529.